The molecule has 0 aliphatic carbocycles. The summed E-state index contributed by atoms with van der Waals surface area (Å²) in [5.41, 5.74) is 5.11. The molecule has 1 amide bonds. The van der Waals surface area contributed by atoms with Crippen molar-refractivity contribution < 1.29 is 4.79 Å². The topological polar surface area (TPSA) is 43.1 Å². The summed E-state index contributed by atoms with van der Waals surface area (Å²) in [5, 5.41) is 0. The highest BCUT2D eigenvalue weighted by atomic mass is 16.1. The maximum atomic E-state index is 10.6. The number of primary amides is 1. The molecule has 26 heavy (non-hydrogen) atoms. The minimum absolute atomic E-state index is 0.180. The first kappa shape index (κ1) is 24.7. The Morgan fingerprint density at radius 2 is 1.04 bits per heavy atom. The van der Waals surface area contributed by atoms with Gasteiger partial charge in [0.05, 0.1) is 0 Å². The number of carbonyl (C=O) groups is 1. The van der Waals surface area contributed by atoms with Gasteiger partial charge < -0.3 is 5.73 Å². The van der Waals surface area contributed by atoms with Crippen LogP contribution in [0, 0.1) is 0 Å². The van der Waals surface area contributed by atoms with Gasteiger partial charge in [0.2, 0.25) is 5.91 Å². The third kappa shape index (κ3) is 22.7. The molecule has 0 spiro atoms. The van der Waals surface area contributed by atoms with Crippen molar-refractivity contribution in [2.75, 3.05) is 0 Å². The van der Waals surface area contributed by atoms with Crippen LogP contribution < -0.4 is 5.73 Å². The molecule has 0 aliphatic rings. The van der Waals surface area contributed by atoms with Gasteiger partial charge in [0, 0.05) is 6.42 Å². The van der Waals surface area contributed by atoms with Crippen LogP contribution in [0.15, 0.2) is 36.5 Å². The van der Waals surface area contributed by atoms with Crippen molar-refractivity contribution in [2.24, 2.45) is 5.73 Å². The SMILES string of the molecule is CCCCC/C=C\CCCCCC/C=C\C/C=C\CCCCCC(N)=O. The van der Waals surface area contributed by atoms with Gasteiger partial charge in [-0.3, -0.25) is 4.79 Å². The smallest absolute Gasteiger partial charge is 0.217 e. The second-order valence-electron chi connectivity index (χ2n) is 7.20. The molecule has 0 radical (unpaired) electrons. The first-order valence-electron chi connectivity index (χ1n) is 11.0. The lowest BCUT2D eigenvalue weighted by molar-refractivity contribution is -0.118. The van der Waals surface area contributed by atoms with Crippen molar-refractivity contribution in [2.45, 2.75) is 110 Å². The van der Waals surface area contributed by atoms with E-state index in [0.717, 1.165) is 32.1 Å². The van der Waals surface area contributed by atoms with Crippen LogP contribution in [0.5, 0.6) is 0 Å². The molecule has 0 rings (SSSR count). The number of nitrogens with two attached hydrogens (primary N) is 1. The molecule has 0 aliphatic heterocycles. The molecular formula is C24H43NO. The lowest BCUT2D eigenvalue weighted by Crippen LogP contribution is -2.09. The van der Waals surface area contributed by atoms with Gasteiger partial charge in [-0.1, -0.05) is 75.5 Å². The van der Waals surface area contributed by atoms with E-state index in [2.05, 4.69) is 43.4 Å². The van der Waals surface area contributed by atoms with Crippen LogP contribution in [0.1, 0.15) is 110 Å². The van der Waals surface area contributed by atoms with Gasteiger partial charge in [-0.25, -0.2) is 0 Å². The Hall–Kier alpha value is -1.31. The van der Waals surface area contributed by atoms with E-state index in [1.807, 2.05) is 0 Å². The van der Waals surface area contributed by atoms with Gasteiger partial charge >= 0.3 is 0 Å². The van der Waals surface area contributed by atoms with Crippen molar-refractivity contribution in [3.8, 4) is 0 Å². The van der Waals surface area contributed by atoms with Gasteiger partial charge in [0.25, 0.3) is 0 Å². The Bertz CT molecular complexity index is 382. The summed E-state index contributed by atoms with van der Waals surface area (Å²) in [4.78, 5) is 10.6. The summed E-state index contributed by atoms with van der Waals surface area (Å²) in [6.07, 6.45) is 32.9. The Morgan fingerprint density at radius 1 is 0.615 bits per heavy atom. The molecule has 2 nitrogen and oxygen atoms in total. The molecule has 0 aromatic carbocycles. The zero-order valence-electron chi connectivity index (χ0n) is 17.3. The highest BCUT2D eigenvalue weighted by Crippen LogP contribution is 2.08. The van der Waals surface area contributed by atoms with E-state index in [0.29, 0.717) is 6.42 Å². The summed E-state index contributed by atoms with van der Waals surface area (Å²) in [6, 6.07) is 0. The molecule has 0 fully saturated rings. The molecular weight excluding hydrogens is 318 g/mol. The Kier molecular flexibility index (Phi) is 20.6. The average molecular weight is 362 g/mol. The van der Waals surface area contributed by atoms with Crippen molar-refractivity contribution in [1.82, 2.24) is 0 Å². The van der Waals surface area contributed by atoms with Crippen LogP contribution in [0.25, 0.3) is 0 Å². The number of carbonyl (C=O) groups excluding carboxylic acids is 1. The zero-order valence-corrected chi connectivity index (χ0v) is 17.3. The quantitative estimate of drug-likeness (QED) is 0.189. The standard InChI is InChI=1S/C24H43NO/c1-2-3-4-5-6-7-8-9-10-11-12-13-14-15-16-17-18-19-20-21-22-23-24(25)26/h6-7,14-15,17-18H,2-5,8-13,16,19-23H2,1H3,(H2,25,26)/b7-6-,15-14-,18-17-. The van der Waals surface area contributed by atoms with Crippen molar-refractivity contribution in [3.63, 3.8) is 0 Å². The third-order valence-corrected chi connectivity index (χ3v) is 4.53. The molecule has 0 unspecified atom stereocenters. The summed E-state index contributed by atoms with van der Waals surface area (Å²) < 4.78 is 0. The molecule has 0 saturated carbocycles. The molecule has 0 saturated heterocycles. The van der Waals surface area contributed by atoms with E-state index in [-0.39, 0.29) is 5.91 Å². The molecule has 2 N–H and O–H groups in total. The summed E-state index contributed by atoms with van der Waals surface area (Å²) >= 11 is 0. The van der Waals surface area contributed by atoms with E-state index in [9.17, 15) is 4.79 Å². The average Bonchev–Trinajstić information content (AvgIpc) is 2.62. The van der Waals surface area contributed by atoms with Crippen LogP contribution in [0.2, 0.25) is 0 Å². The van der Waals surface area contributed by atoms with E-state index in [1.54, 1.807) is 0 Å². The molecule has 0 aromatic rings. The Morgan fingerprint density at radius 3 is 1.50 bits per heavy atom. The summed E-state index contributed by atoms with van der Waals surface area (Å²) in [6.45, 7) is 2.26. The monoisotopic (exact) mass is 361 g/mol. The van der Waals surface area contributed by atoms with E-state index >= 15 is 0 Å². The van der Waals surface area contributed by atoms with Gasteiger partial charge in [-0.2, -0.15) is 0 Å². The predicted molar refractivity (Wildman–Crippen MR) is 116 cm³/mol. The van der Waals surface area contributed by atoms with E-state index in [4.69, 9.17) is 5.73 Å². The number of hydrogen-bond acceptors (Lipinski definition) is 1. The minimum Gasteiger partial charge on any atom is -0.370 e. The van der Waals surface area contributed by atoms with Gasteiger partial charge in [-0.15, -0.1) is 0 Å². The van der Waals surface area contributed by atoms with E-state index < -0.39 is 0 Å². The fourth-order valence-corrected chi connectivity index (χ4v) is 2.87. The molecule has 2 heteroatoms. The first-order chi connectivity index (χ1) is 12.8. The highest BCUT2D eigenvalue weighted by Gasteiger charge is 1.93. The largest absolute Gasteiger partial charge is 0.370 e. The highest BCUT2D eigenvalue weighted by molar-refractivity contribution is 5.73. The van der Waals surface area contributed by atoms with Crippen LogP contribution in [-0.4, -0.2) is 5.91 Å². The second kappa shape index (κ2) is 21.7. The predicted octanol–water partition coefficient (Wildman–Crippen LogP) is 7.40. The van der Waals surface area contributed by atoms with Crippen molar-refractivity contribution in [3.05, 3.63) is 36.5 Å². The molecule has 0 aromatic heterocycles. The van der Waals surface area contributed by atoms with Gasteiger partial charge in [-0.05, 0) is 64.2 Å². The summed E-state index contributed by atoms with van der Waals surface area (Å²) in [7, 11) is 0. The number of hydrogen-bond donors (Lipinski definition) is 1. The van der Waals surface area contributed by atoms with Crippen LogP contribution in [-0.2, 0) is 4.79 Å². The molecule has 0 bridgehead atoms. The van der Waals surface area contributed by atoms with Crippen LogP contribution >= 0.6 is 0 Å². The fourth-order valence-electron chi connectivity index (χ4n) is 2.87. The van der Waals surface area contributed by atoms with Crippen LogP contribution in [0.3, 0.4) is 0 Å². The minimum atomic E-state index is -0.180. The number of amides is 1. The number of rotatable bonds is 19. The van der Waals surface area contributed by atoms with Crippen molar-refractivity contribution >= 4 is 5.91 Å². The maximum Gasteiger partial charge on any atom is 0.217 e. The van der Waals surface area contributed by atoms with Crippen LogP contribution in [0.4, 0.5) is 0 Å². The molecule has 150 valence electrons. The van der Waals surface area contributed by atoms with Gasteiger partial charge in [0.1, 0.15) is 0 Å². The van der Waals surface area contributed by atoms with Gasteiger partial charge in [0.15, 0.2) is 0 Å². The number of allylic oxidation sites excluding steroid dienone is 6. The summed E-state index contributed by atoms with van der Waals surface area (Å²) in [5.74, 6) is -0.180. The zero-order chi connectivity index (χ0) is 19.1. The molecule has 0 heterocycles. The first-order valence-corrected chi connectivity index (χ1v) is 11.0. The molecule has 0 atom stereocenters. The second-order valence-corrected chi connectivity index (χ2v) is 7.20. The lowest BCUT2D eigenvalue weighted by atomic mass is 10.1. The Labute approximate surface area is 163 Å². The normalized spacial score (nSPS) is 12.0. The van der Waals surface area contributed by atoms with Crippen molar-refractivity contribution in [1.29, 1.82) is 0 Å². The Balaban J connectivity index is 3.23. The lowest BCUT2D eigenvalue weighted by Gasteiger charge is -1.97. The van der Waals surface area contributed by atoms with E-state index in [1.165, 1.54) is 64.2 Å². The third-order valence-electron chi connectivity index (χ3n) is 4.53. The number of unbranched alkanes of at least 4 members (excludes halogenated alkanes) is 11. The fraction of sp³-hybridized carbons (Fsp3) is 0.708. The maximum absolute atomic E-state index is 10.6.